The molecule has 2 saturated carbocycles. The van der Waals surface area contributed by atoms with E-state index < -0.39 is 0 Å². The highest BCUT2D eigenvalue weighted by Crippen LogP contribution is 2.51. The molecule has 4 heteroatoms. The zero-order valence-corrected chi connectivity index (χ0v) is 14.8. The Morgan fingerprint density at radius 2 is 1.76 bits per heavy atom. The molecule has 0 bridgehead atoms. The molecule has 2 fully saturated rings. The molecule has 2 aliphatic rings. The van der Waals surface area contributed by atoms with Crippen LogP contribution in [-0.2, 0) is 0 Å². The topological polar surface area (TPSA) is 38.0 Å². The fraction of sp³-hybridized carbons (Fsp3) is 0.647. The minimum Gasteiger partial charge on any atom is -0.378 e. The van der Waals surface area contributed by atoms with E-state index in [4.69, 9.17) is 17.3 Å². The molecule has 1 aromatic carbocycles. The molecule has 0 aromatic heterocycles. The molecule has 116 valence electrons. The summed E-state index contributed by atoms with van der Waals surface area (Å²) in [4.78, 5) is 0. The van der Waals surface area contributed by atoms with E-state index in [0.717, 1.165) is 15.2 Å². The maximum Gasteiger partial charge on any atom is 0.0568 e. The van der Waals surface area contributed by atoms with Crippen LogP contribution in [0.25, 0.3) is 0 Å². The van der Waals surface area contributed by atoms with Crippen LogP contribution in [0.2, 0.25) is 5.02 Å². The van der Waals surface area contributed by atoms with Crippen molar-refractivity contribution in [3.05, 3.63) is 27.7 Å². The summed E-state index contributed by atoms with van der Waals surface area (Å²) < 4.78 is 0.935. The molecular weight excluding hydrogens is 348 g/mol. The lowest BCUT2D eigenvalue weighted by molar-refractivity contribution is 0.148. The van der Waals surface area contributed by atoms with Crippen molar-refractivity contribution in [2.45, 2.75) is 56.9 Å². The van der Waals surface area contributed by atoms with Crippen LogP contribution in [0.5, 0.6) is 0 Å². The molecule has 3 rings (SSSR count). The maximum absolute atomic E-state index is 6.20. The summed E-state index contributed by atoms with van der Waals surface area (Å²) in [5.74, 6) is 0. The number of rotatable bonds is 3. The molecule has 0 unspecified atom stereocenters. The highest BCUT2D eigenvalue weighted by atomic mass is 79.9. The van der Waals surface area contributed by atoms with Gasteiger partial charge in [0.2, 0.25) is 0 Å². The van der Waals surface area contributed by atoms with Gasteiger partial charge in [-0.25, -0.2) is 0 Å². The van der Waals surface area contributed by atoms with Crippen LogP contribution >= 0.6 is 27.5 Å². The van der Waals surface area contributed by atoms with Crippen LogP contribution in [0.4, 0.5) is 5.69 Å². The van der Waals surface area contributed by atoms with E-state index in [-0.39, 0.29) is 5.54 Å². The normalized spacial score (nSPS) is 23.4. The number of hydrogen-bond acceptors (Lipinski definition) is 2. The van der Waals surface area contributed by atoms with E-state index in [1.165, 1.54) is 51.4 Å². The Bertz CT molecular complexity index is 502. The quantitative estimate of drug-likeness (QED) is 0.752. The lowest BCUT2D eigenvalue weighted by Gasteiger charge is -2.45. The number of halogens is 2. The summed E-state index contributed by atoms with van der Waals surface area (Å²) in [5, 5.41) is 4.43. The lowest BCUT2D eigenvalue weighted by atomic mass is 9.66. The van der Waals surface area contributed by atoms with Gasteiger partial charge in [0.05, 0.1) is 5.02 Å². The van der Waals surface area contributed by atoms with Gasteiger partial charge in [0.25, 0.3) is 0 Å². The molecule has 0 radical (unpaired) electrons. The molecular formula is C17H24BrClN2. The number of anilines is 1. The van der Waals surface area contributed by atoms with E-state index in [1.54, 1.807) is 0 Å². The van der Waals surface area contributed by atoms with Gasteiger partial charge >= 0.3 is 0 Å². The zero-order valence-electron chi connectivity index (χ0n) is 12.4. The van der Waals surface area contributed by atoms with Gasteiger partial charge in [0.1, 0.15) is 0 Å². The second-order valence-electron chi connectivity index (χ2n) is 6.95. The smallest absolute Gasteiger partial charge is 0.0568 e. The van der Waals surface area contributed by atoms with Gasteiger partial charge in [0, 0.05) is 22.2 Å². The molecule has 2 nitrogen and oxygen atoms in total. The Labute approximate surface area is 140 Å². The van der Waals surface area contributed by atoms with E-state index in [1.807, 2.05) is 12.1 Å². The van der Waals surface area contributed by atoms with Crippen molar-refractivity contribution in [1.29, 1.82) is 0 Å². The fourth-order valence-electron chi connectivity index (χ4n) is 4.14. The van der Waals surface area contributed by atoms with E-state index in [0.29, 0.717) is 12.0 Å². The van der Waals surface area contributed by atoms with Crippen LogP contribution in [0.15, 0.2) is 22.7 Å². The van der Waals surface area contributed by atoms with Crippen LogP contribution < -0.4 is 11.1 Å². The maximum atomic E-state index is 6.20. The fourth-order valence-corrected chi connectivity index (χ4v) is 4.57. The second kappa shape index (κ2) is 6.10. The van der Waals surface area contributed by atoms with E-state index in [9.17, 15) is 0 Å². The number of hydrogen-bond donors (Lipinski definition) is 2. The first-order chi connectivity index (χ1) is 10.1. The first-order valence-corrected chi connectivity index (χ1v) is 9.17. The summed E-state index contributed by atoms with van der Waals surface area (Å²) in [6, 6.07) is 6.06. The molecule has 2 aliphatic carbocycles. The van der Waals surface area contributed by atoms with Crippen molar-refractivity contribution in [3.8, 4) is 0 Å². The predicted octanol–water partition coefficient (Wildman–Crippen LogP) is 5.35. The third-order valence-corrected chi connectivity index (χ3v) is 6.88. The minimum absolute atomic E-state index is 0.0466. The Kier molecular flexibility index (Phi) is 4.54. The van der Waals surface area contributed by atoms with Gasteiger partial charge in [-0.2, -0.15) is 0 Å². The molecule has 1 aromatic rings. The van der Waals surface area contributed by atoms with Crippen LogP contribution in [0, 0.1) is 5.41 Å². The Hall–Kier alpha value is -0.250. The van der Waals surface area contributed by atoms with Gasteiger partial charge in [-0.05, 0) is 78.1 Å². The average molecular weight is 372 g/mol. The van der Waals surface area contributed by atoms with Gasteiger partial charge in [0.15, 0.2) is 0 Å². The third kappa shape index (κ3) is 3.25. The van der Waals surface area contributed by atoms with Crippen molar-refractivity contribution in [3.63, 3.8) is 0 Å². The highest BCUT2D eigenvalue weighted by Gasteiger charge is 2.43. The lowest BCUT2D eigenvalue weighted by Crippen LogP contribution is -2.50. The molecule has 0 aliphatic heterocycles. The predicted molar refractivity (Wildman–Crippen MR) is 93.9 cm³/mol. The average Bonchev–Trinajstić information content (AvgIpc) is 2.95. The van der Waals surface area contributed by atoms with Crippen molar-refractivity contribution in [1.82, 2.24) is 0 Å². The van der Waals surface area contributed by atoms with Gasteiger partial charge in [-0.1, -0.05) is 24.4 Å². The summed E-state index contributed by atoms with van der Waals surface area (Å²) in [7, 11) is 0. The van der Waals surface area contributed by atoms with Crippen molar-refractivity contribution >= 4 is 33.2 Å². The molecule has 0 amide bonds. The minimum atomic E-state index is 0.0466. The number of nitrogens with one attached hydrogen (secondary N) is 1. The van der Waals surface area contributed by atoms with Crippen molar-refractivity contribution < 1.29 is 0 Å². The summed E-state index contributed by atoms with van der Waals surface area (Å²) >= 11 is 9.64. The van der Waals surface area contributed by atoms with Crippen LogP contribution in [0.3, 0.4) is 0 Å². The van der Waals surface area contributed by atoms with Gasteiger partial charge < -0.3 is 11.1 Å². The number of benzene rings is 1. The molecule has 1 spiro atoms. The monoisotopic (exact) mass is 370 g/mol. The highest BCUT2D eigenvalue weighted by molar-refractivity contribution is 9.10. The van der Waals surface area contributed by atoms with E-state index >= 15 is 0 Å². The van der Waals surface area contributed by atoms with Gasteiger partial charge in [-0.3, -0.25) is 0 Å². The first kappa shape index (κ1) is 15.6. The van der Waals surface area contributed by atoms with Gasteiger partial charge in [-0.15, -0.1) is 0 Å². The summed E-state index contributed by atoms with van der Waals surface area (Å²) in [6.45, 7) is 0.691. The summed E-state index contributed by atoms with van der Waals surface area (Å²) in [5.41, 5.74) is 7.90. The van der Waals surface area contributed by atoms with Crippen LogP contribution in [0.1, 0.15) is 51.4 Å². The Morgan fingerprint density at radius 1 is 1.10 bits per heavy atom. The third-order valence-electron chi connectivity index (χ3n) is 5.65. The largest absolute Gasteiger partial charge is 0.378 e. The van der Waals surface area contributed by atoms with Crippen molar-refractivity contribution in [2.24, 2.45) is 11.1 Å². The molecule has 0 saturated heterocycles. The number of nitrogens with two attached hydrogens (primary N) is 1. The molecule has 0 heterocycles. The standard InChI is InChI=1S/C17H24BrClN2/c18-14-4-3-13(11-15(14)19)21-17(12-20)9-7-16(8-10-17)5-1-2-6-16/h3-4,11,21H,1-2,5-10,12,20H2. The second-order valence-corrected chi connectivity index (χ2v) is 8.21. The molecule has 0 atom stereocenters. The summed E-state index contributed by atoms with van der Waals surface area (Å²) in [6.07, 6.45) is 10.7. The molecule has 3 N–H and O–H groups in total. The SMILES string of the molecule is NCC1(Nc2ccc(Br)c(Cl)c2)CCC2(CCCC2)CC1. The van der Waals surface area contributed by atoms with E-state index in [2.05, 4.69) is 27.3 Å². The van der Waals surface area contributed by atoms with Crippen molar-refractivity contribution in [2.75, 3.05) is 11.9 Å². The van der Waals surface area contributed by atoms with Crippen LogP contribution in [-0.4, -0.2) is 12.1 Å². The zero-order chi connectivity index (χ0) is 14.9. The Balaban J connectivity index is 1.71. The Morgan fingerprint density at radius 3 is 2.33 bits per heavy atom. The molecule has 21 heavy (non-hydrogen) atoms. The first-order valence-electron chi connectivity index (χ1n) is 8.00.